The Morgan fingerprint density at radius 2 is 1.70 bits per heavy atom. The average Bonchev–Trinajstić information content (AvgIpc) is 2.63. The topological polar surface area (TPSA) is 69.6 Å². The van der Waals surface area contributed by atoms with Crippen LogP contribution >= 0.6 is 11.6 Å². The Balaban J connectivity index is 1.67. The van der Waals surface area contributed by atoms with Crippen molar-refractivity contribution in [3.05, 3.63) is 46.6 Å². The molecule has 0 amide bonds. The molecule has 0 radical (unpaired) electrons. The summed E-state index contributed by atoms with van der Waals surface area (Å²) in [6.07, 6.45) is 0. The predicted molar refractivity (Wildman–Crippen MR) is 109 cm³/mol. The van der Waals surface area contributed by atoms with E-state index in [1.807, 2.05) is 36.9 Å². The minimum atomic E-state index is -3.37. The van der Waals surface area contributed by atoms with Gasteiger partial charge in [-0.05, 0) is 24.6 Å². The van der Waals surface area contributed by atoms with Crippen LogP contribution in [0.25, 0.3) is 0 Å². The second kappa shape index (κ2) is 8.00. The number of rotatable bonds is 5. The maximum atomic E-state index is 12.7. The van der Waals surface area contributed by atoms with Crippen LogP contribution < -0.4 is 9.80 Å². The molecular formula is C18H24ClN5O2S. The molecule has 1 aliphatic rings. The largest absolute Gasteiger partial charge is 0.363 e. The molecule has 0 bridgehead atoms. The van der Waals surface area contributed by atoms with E-state index in [-0.39, 0.29) is 5.75 Å². The van der Waals surface area contributed by atoms with Crippen LogP contribution in [0.1, 0.15) is 11.3 Å². The molecule has 1 aromatic heterocycles. The maximum Gasteiger partial charge on any atom is 0.227 e. The number of nitrogens with zero attached hydrogens (tertiary/aromatic N) is 5. The van der Waals surface area contributed by atoms with Gasteiger partial charge >= 0.3 is 0 Å². The van der Waals surface area contributed by atoms with Crippen LogP contribution in [0.15, 0.2) is 30.3 Å². The summed E-state index contributed by atoms with van der Waals surface area (Å²) >= 11 is 5.87. The van der Waals surface area contributed by atoms with Gasteiger partial charge in [0.25, 0.3) is 0 Å². The number of anilines is 2. The Morgan fingerprint density at radius 3 is 2.30 bits per heavy atom. The van der Waals surface area contributed by atoms with E-state index < -0.39 is 10.0 Å². The summed E-state index contributed by atoms with van der Waals surface area (Å²) in [6.45, 7) is 3.91. The summed E-state index contributed by atoms with van der Waals surface area (Å²) in [5.74, 6) is 1.47. The SMILES string of the molecule is Cc1cc(N(C)C)nc(N2CCN(S(=O)(=O)Cc3ccc(Cl)cc3)CC2)n1. The van der Waals surface area contributed by atoms with Crippen LogP contribution in [0.3, 0.4) is 0 Å². The summed E-state index contributed by atoms with van der Waals surface area (Å²) in [7, 11) is 0.505. The molecule has 1 aromatic carbocycles. The lowest BCUT2D eigenvalue weighted by Crippen LogP contribution is -2.49. The number of benzene rings is 1. The molecule has 3 rings (SSSR count). The molecule has 2 heterocycles. The van der Waals surface area contributed by atoms with Gasteiger partial charge in [-0.25, -0.2) is 13.4 Å². The first kappa shape index (κ1) is 19.9. The zero-order valence-corrected chi connectivity index (χ0v) is 17.3. The number of hydrogen-bond donors (Lipinski definition) is 0. The molecule has 9 heteroatoms. The van der Waals surface area contributed by atoms with E-state index in [2.05, 4.69) is 9.97 Å². The number of piperazine rings is 1. The molecule has 0 spiro atoms. The third-order valence-electron chi connectivity index (χ3n) is 4.46. The Morgan fingerprint density at radius 1 is 1.07 bits per heavy atom. The lowest BCUT2D eigenvalue weighted by atomic mass is 10.2. The molecule has 0 saturated carbocycles. The summed E-state index contributed by atoms with van der Waals surface area (Å²) < 4.78 is 27.0. The van der Waals surface area contributed by atoms with Gasteiger partial charge < -0.3 is 9.80 Å². The molecule has 7 nitrogen and oxygen atoms in total. The van der Waals surface area contributed by atoms with E-state index in [0.29, 0.717) is 37.1 Å². The molecule has 27 heavy (non-hydrogen) atoms. The van der Waals surface area contributed by atoms with Crippen LogP contribution in [-0.2, 0) is 15.8 Å². The first-order valence-corrected chi connectivity index (χ1v) is 10.7. The number of aryl methyl sites for hydroxylation is 1. The second-order valence-electron chi connectivity index (χ2n) is 6.83. The highest BCUT2D eigenvalue weighted by Gasteiger charge is 2.28. The monoisotopic (exact) mass is 409 g/mol. The smallest absolute Gasteiger partial charge is 0.227 e. The van der Waals surface area contributed by atoms with Crippen molar-refractivity contribution in [3.63, 3.8) is 0 Å². The highest BCUT2D eigenvalue weighted by Crippen LogP contribution is 2.20. The second-order valence-corrected chi connectivity index (χ2v) is 9.24. The standard InChI is InChI=1S/C18H24ClN5O2S/c1-14-12-17(22(2)3)21-18(20-14)23-8-10-24(11-9-23)27(25,26)13-15-4-6-16(19)7-5-15/h4-7,12H,8-11,13H2,1-3H3. The van der Waals surface area contributed by atoms with E-state index >= 15 is 0 Å². The van der Waals surface area contributed by atoms with Crippen molar-refractivity contribution in [1.29, 1.82) is 0 Å². The molecule has 1 saturated heterocycles. The first-order valence-electron chi connectivity index (χ1n) is 8.75. The molecule has 1 fully saturated rings. The van der Waals surface area contributed by atoms with Gasteiger partial charge in [0, 0.05) is 57.1 Å². The molecule has 0 aliphatic carbocycles. The van der Waals surface area contributed by atoms with Crippen molar-refractivity contribution in [2.45, 2.75) is 12.7 Å². The van der Waals surface area contributed by atoms with Crippen LogP contribution in [-0.4, -0.2) is 63.0 Å². The Labute approximate surface area is 165 Å². The normalized spacial score (nSPS) is 15.8. The van der Waals surface area contributed by atoms with Crippen molar-refractivity contribution in [1.82, 2.24) is 14.3 Å². The van der Waals surface area contributed by atoms with Crippen LogP contribution in [0.5, 0.6) is 0 Å². The van der Waals surface area contributed by atoms with Crippen molar-refractivity contribution >= 4 is 33.4 Å². The third kappa shape index (κ3) is 4.88. The van der Waals surface area contributed by atoms with Gasteiger partial charge in [0.15, 0.2) is 0 Å². The fourth-order valence-corrected chi connectivity index (χ4v) is 4.60. The van der Waals surface area contributed by atoms with E-state index in [4.69, 9.17) is 11.6 Å². The molecule has 1 aliphatic heterocycles. The molecule has 0 N–H and O–H groups in total. The van der Waals surface area contributed by atoms with Crippen molar-refractivity contribution in [2.24, 2.45) is 0 Å². The summed E-state index contributed by atoms with van der Waals surface area (Å²) in [5, 5.41) is 0.597. The molecule has 0 atom stereocenters. The van der Waals surface area contributed by atoms with Gasteiger partial charge in [0.05, 0.1) is 5.75 Å². The van der Waals surface area contributed by atoms with Crippen LogP contribution in [0, 0.1) is 6.92 Å². The number of halogens is 1. The Bertz CT molecular complexity index is 894. The van der Waals surface area contributed by atoms with Gasteiger partial charge in [-0.3, -0.25) is 0 Å². The number of sulfonamides is 1. The predicted octanol–water partition coefficient (Wildman–Crippen LogP) is 2.16. The molecule has 2 aromatic rings. The van der Waals surface area contributed by atoms with Crippen LogP contribution in [0.2, 0.25) is 5.02 Å². The average molecular weight is 410 g/mol. The highest BCUT2D eigenvalue weighted by molar-refractivity contribution is 7.88. The summed E-state index contributed by atoms with van der Waals surface area (Å²) in [6, 6.07) is 8.85. The van der Waals surface area contributed by atoms with Crippen molar-refractivity contribution < 1.29 is 8.42 Å². The first-order chi connectivity index (χ1) is 12.7. The third-order valence-corrected chi connectivity index (χ3v) is 6.57. The summed E-state index contributed by atoms with van der Waals surface area (Å²) in [4.78, 5) is 13.1. The van der Waals surface area contributed by atoms with Gasteiger partial charge in [-0.1, -0.05) is 23.7 Å². The lowest BCUT2D eigenvalue weighted by molar-refractivity contribution is 0.382. The van der Waals surface area contributed by atoms with E-state index in [0.717, 1.165) is 17.1 Å². The highest BCUT2D eigenvalue weighted by atomic mass is 35.5. The fourth-order valence-electron chi connectivity index (χ4n) is 2.96. The van der Waals surface area contributed by atoms with Gasteiger partial charge in [0.2, 0.25) is 16.0 Å². The quantitative estimate of drug-likeness (QED) is 0.753. The van der Waals surface area contributed by atoms with E-state index in [9.17, 15) is 8.42 Å². The Hall–Kier alpha value is -1.90. The number of hydrogen-bond acceptors (Lipinski definition) is 6. The van der Waals surface area contributed by atoms with Gasteiger partial charge in [-0.2, -0.15) is 9.29 Å². The Kier molecular flexibility index (Phi) is 5.88. The lowest BCUT2D eigenvalue weighted by Gasteiger charge is -2.34. The van der Waals surface area contributed by atoms with Crippen LogP contribution in [0.4, 0.5) is 11.8 Å². The molecular weight excluding hydrogens is 386 g/mol. The molecule has 146 valence electrons. The zero-order chi connectivity index (χ0) is 19.6. The van der Waals surface area contributed by atoms with Crippen molar-refractivity contribution in [2.75, 3.05) is 50.1 Å². The fraction of sp³-hybridized carbons (Fsp3) is 0.444. The van der Waals surface area contributed by atoms with Gasteiger partial charge in [0.1, 0.15) is 5.82 Å². The van der Waals surface area contributed by atoms with Crippen molar-refractivity contribution in [3.8, 4) is 0 Å². The zero-order valence-electron chi connectivity index (χ0n) is 15.8. The van der Waals surface area contributed by atoms with Gasteiger partial charge in [-0.15, -0.1) is 0 Å². The van der Waals surface area contributed by atoms with E-state index in [1.54, 1.807) is 28.6 Å². The summed E-state index contributed by atoms with van der Waals surface area (Å²) in [5.41, 5.74) is 1.63. The minimum Gasteiger partial charge on any atom is -0.363 e. The molecule has 0 unspecified atom stereocenters. The minimum absolute atomic E-state index is 0.0180. The maximum absolute atomic E-state index is 12.7. The van der Waals surface area contributed by atoms with E-state index in [1.165, 1.54) is 0 Å². The number of aromatic nitrogens is 2.